The van der Waals surface area contributed by atoms with Gasteiger partial charge in [0.05, 0.1) is 19.3 Å². The lowest BCUT2D eigenvalue weighted by Gasteiger charge is -2.16. The van der Waals surface area contributed by atoms with Crippen molar-refractivity contribution in [1.29, 1.82) is 0 Å². The monoisotopic (exact) mass is 446 g/mol. The number of benzene rings is 1. The highest BCUT2D eigenvalue weighted by molar-refractivity contribution is 5.91. The molecule has 0 heterocycles. The number of carbonyl (C=O) groups excluding carboxylic acids is 1. The summed E-state index contributed by atoms with van der Waals surface area (Å²) in [6, 6.07) is 5.56. The van der Waals surface area contributed by atoms with E-state index in [1.807, 2.05) is 19.1 Å². The highest BCUT2D eigenvalue weighted by Crippen LogP contribution is 2.23. The van der Waals surface area contributed by atoms with E-state index in [0.29, 0.717) is 11.5 Å². The smallest absolute Gasteiger partial charge is 0.338 e. The first-order chi connectivity index (χ1) is 15.2. The maximum absolute atomic E-state index is 11.7. The molecule has 0 amide bonds. The summed E-state index contributed by atoms with van der Waals surface area (Å²) in [5, 5.41) is 0. The van der Waals surface area contributed by atoms with E-state index in [2.05, 4.69) is 34.6 Å². The second-order valence-corrected chi connectivity index (χ2v) is 10.6. The minimum absolute atomic E-state index is 0.298. The molecule has 0 spiro atoms. The normalized spacial score (nSPS) is 14.2. The van der Waals surface area contributed by atoms with Crippen molar-refractivity contribution >= 4 is 5.97 Å². The largest absolute Gasteiger partial charge is 0.494 e. The van der Waals surface area contributed by atoms with Crippen LogP contribution >= 0.6 is 0 Å². The molecule has 0 aliphatic rings. The van der Waals surface area contributed by atoms with Gasteiger partial charge in [-0.3, -0.25) is 0 Å². The van der Waals surface area contributed by atoms with E-state index in [0.717, 1.165) is 42.1 Å². The van der Waals surface area contributed by atoms with Crippen LogP contribution in [0.2, 0.25) is 0 Å². The molecule has 0 radical (unpaired) electrons. The van der Waals surface area contributed by atoms with Gasteiger partial charge in [-0.15, -0.1) is 0 Å². The molecular formula is C29H50O3. The third kappa shape index (κ3) is 12.5. The van der Waals surface area contributed by atoms with Crippen LogP contribution in [0.5, 0.6) is 5.75 Å². The van der Waals surface area contributed by atoms with Gasteiger partial charge in [-0.05, 0) is 60.8 Å². The van der Waals surface area contributed by atoms with Crippen LogP contribution in [-0.4, -0.2) is 19.7 Å². The Morgan fingerprint density at radius 2 is 1.28 bits per heavy atom. The predicted molar refractivity (Wildman–Crippen MR) is 137 cm³/mol. The summed E-state index contributed by atoms with van der Waals surface area (Å²) in [5.74, 6) is 3.79. The number of methoxy groups -OCH3 is 1. The molecule has 3 heteroatoms. The van der Waals surface area contributed by atoms with E-state index in [4.69, 9.17) is 9.47 Å². The summed E-state index contributed by atoms with van der Waals surface area (Å²) in [6.45, 7) is 14.5. The lowest BCUT2D eigenvalue weighted by Crippen LogP contribution is -2.07. The minimum atomic E-state index is -0.298. The number of esters is 1. The molecule has 3 nitrogen and oxygen atoms in total. The maximum atomic E-state index is 11.7. The van der Waals surface area contributed by atoms with Gasteiger partial charge in [0.2, 0.25) is 0 Å². The number of carbonyl (C=O) groups is 1. The standard InChI is InChI=1S/C29H50O3/c1-22(2)11-8-12-23(3)13-9-14-24(4)15-10-16-25(5)19-20-32-27-17-18-28(26(6)21-27)29(30)31-7/h17-18,21-25H,8-16,19-20H2,1-7H3. The van der Waals surface area contributed by atoms with E-state index in [-0.39, 0.29) is 5.97 Å². The summed E-state index contributed by atoms with van der Waals surface area (Å²) < 4.78 is 10.7. The highest BCUT2D eigenvalue weighted by Gasteiger charge is 2.11. The van der Waals surface area contributed by atoms with Crippen molar-refractivity contribution in [2.75, 3.05) is 13.7 Å². The fraction of sp³-hybridized carbons (Fsp3) is 0.759. The predicted octanol–water partition coefficient (Wildman–Crippen LogP) is 8.63. The van der Waals surface area contributed by atoms with E-state index < -0.39 is 0 Å². The first-order valence-electron chi connectivity index (χ1n) is 13.0. The summed E-state index contributed by atoms with van der Waals surface area (Å²) in [5.41, 5.74) is 1.49. The topological polar surface area (TPSA) is 35.5 Å². The highest BCUT2D eigenvalue weighted by atomic mass is 16.5. The Morgan fingerprint density at radius 3 is 1.75 bits per heavy atom. The Labute approximate surface area is 198 Å². The zero-order valence-corrected chi connectivity index (χ0v) is 22.0. The second-order valence-electron chi connectivity index (χ2n) is 10.6. The summed E-state index contributed by atoms with van der Waals surface area (Å²) in [4.78, 5) is 11.7. The molecule has 3 unspecified atom stereocenters. The van der Waals surface area contributed by atoms with E-state index in [1.54, 1.807) is 6.07 Å². The molecule has 0 aromatic heterocycles. The van der Waals surface area contributed by atoms with Gasteiger partial charge < -0.3 is 9.47 Å². The molecule has 32 heavy (non-hydrogen) atoms. The zero-order chi connectivity index (χ0) is 23.9. The Bertz CT molecular complexity index is 637. The molecule has 0 bridgehead atoms. The summed E-state index contributed by atoms with van der Waals surface area (Å²) >= 11 is 0. The van der Waals surface area contributed by atoms with Crippen molar-refractivity contribution in [3.05, 3.63) is 29.3 Å². The maximum Gasteiger partial charge on any atom is 0.338 e. The number of aryl methyl sites for hydroxylation is 1. The summed E-state index contributed by atoms with van der Waals surface area (Å²) in [7, 11) is 1.41. The van der Waals surface area contributed by atoms with Gasteiger partial charge in [0.15, 0.2) is 0 Å². The molecule has 0 aliphatic carbocycles. The van der Waals surface area contributed by atoms with E-state index in [1.165, 1.54) is 64.9 Å². The Kier molecular flexibility index (Phi) is 14.4. The minimum Gasteiger partial charge on any atom is -0.494 e. The lowest BCUT2D eigenvalue weighted by atomic mass is 9.91. The third-order valence-electron chi connectivity index (χ3n) is 6.75. The SMILES string of the molecule is COC(=O)c1ccc(OCCC(C)CCCC(C)CCCC(C)CCCC(C)C)cc1C. The fourth-order valence-electron chi connectivity index (χ4n) is 4.38. The molecule has 184 valence electrons. The molecule has 0 saturated heterocycles. The Balaban J connectivity index is 2.12. The van der Waals surface area contributed by atoms with Crippen LogP contribution in [0, 0.1) is 30.6 Å². The van der Waals surface area contributed by atoms with Crippen molar-refractivity contribution in [3.8, 4) is 5.75 Å². The second kappa shape index (κ2) is 16.2. The first-order valence-corrected chi connectivity index (χ1v) is 13.0. The van der Waals surface area contributed by atoms with Gasteiger partial charge in [-0.25, -0.2) is 4.79 Å². The Hall–Kier alpha value is -1.51. The van der Waals surface area contributed by atoms with Crippen molar-refractivity contribution in [2.45, 2.75) is 106 Å². The first kappa shape index (κ1) is 28.5. The molecule has 1 aromatic carbocycles. The van der Waals surface area contributed by atoms with Gasteiger partial charge in [0.1, 0.15) is 5.75 Å². The van der Waals surface area contributed by atoms with Crippen LogP contribution in [0.4, 0.5) is 0 Å². The van der Waals surface area contributed by atoms with Crippen LogP contribution in [0.3, 0.4) is 0 Å². The molecule has 0 saturated carbocycles. The molecule has 0 N–H and O–H groups in total. The quantitative estimate of drug-likeness (QED) is 0.225. The molecule has 1 rings (SSSR count). The molecular weight excluding hydrogens is 396 g/mol. The Morgan fingerprint density at radius 1 is 0.781 bits per heavy atom. The average Bonchev–Trinajstić information content (AvgIpc) is 2.73. The van der Waals surface area contributed by atoms with Gasteiger partial charge in [-0.2, -0.15) is 0 Å². The van der Waals surface area contributed by atoms with Gasteiger partial charge in [0, 0.05) is 0 Å². The molecule has 1 aromatic rings. The van der Waals surface area contributed by atoms with Crippen LogP contribution in [0.25, 0.3) is 0 Å². The molecule has 0 fully saturated rings. The van der Waals surface area contributed by atoms with Gasteiger partial charge in [-0.1, -0.05) is 92.4 Å². The number of ether oxygens (including phenoxy) is 2. The zero-order valence-electron chi connectivity index (χ0n) is 22.0. The van der Waals surface area contributed by atoms with Crippen LogP contribution in [-0.2, 0) is 4.74 Å². The van der Waals surface area contributed by atoms with Gasteiger partial charge in [0.25, 0.3) is 0 Å². The van der Waals surface area contributed by atoms with Crippen molar-refractivity contribution in [1.82, 2.24) is 0 Å². The van der Waals surface area contributed by atoms with Crippen LogP contribution in [0.1, 0.15) is 115 Å². The lowest BCUT2D eigenvalue weighted by molar-refractivity contribution is 0.0600. The molecule has 0 aliphatic heterocycles. The van der Waals surface area contributed by atoms with Gasteiger partial charge >= 0.3 is 5.97 Å². The van der Waals surface area contributed by atoms with Crippen molar-refractivity contribution in [3.63, 3.8) is 0 Å². The van der Waals surface area contributed by atoms with E-state index in [9.17, 15) is 4.79 Å². The number of rotatable bonds is 17. The van der Waals surface area contributed by atoms with Crippen molar-refractivity contribution in [2.24, 2.45) is 23.7 Å². The molecule has 3 atom stereocenters. The number of hydrogen-bond acceptors (Lipinski definition) is 3. The van der Waals surface area contributed by atoms with Crippen LogP contribution in [0.15, 0.2) is 18.2 Å². The van der Waals surface area contributed by atoms with Crippen molar-refractivity contribution < 1.29 is 14.3 Å². The van der Waals surface area contributed by atoms with Crippen LogP contribution < -0.4 is 4.74 Å². The summed E-state index contributed by atoms with van der Waals surface area (Å²) in [6.07, 6.45) is 13.4. The third-order valence-corrected chi connectivity index (χ3v) is 6.75. The fourth-order valence-corrected chi connectivity index (χ4v) is 4.38. The van der Waals surface area contributed by atoms with E-state index >= 15 is 0 Å². The average molecular weight is 447 g/mol. The number of hydrogen-bond donors (Lipinski definition) is 0.